The van der Waals surface area contributed by atoms with Crippen molar-refractivity contribution in [3.05, 3.63) is 0 Å². The lowest BCUT2D eigenvalue weighted by molar-refractivity contribution is -0.164. The average molecular weight is 206 g/mol. The van der Waals surface area contributed by atoms with Gasteiger partial charge in [-0.15, -0.1) is 0 Å². The molecule has 2 atom stereocenters. The Bertz CT molecular complexity index is 251. The number of ether oxygens (including phenoxy) is 2. The van der Waals surface area contributed by atoms with Crippen LogP contribution in [-0.2, 0) is 28.7 Å². The van der Waals surface area contributed by atoms with E-state index >= 15 is 0 Å². The van der Waals surface area contributed by atoms with Crippen LogP contribution in [0.15, 0.2) is 0 Å². The highest BCUT2D eigenvalue weighted by molar-refractivity contribution is 5.90. The third kappa shape index (κ3) is 1.72. The maximum absolute atomic E-state index is 10.8. The summed E-state index contributed by atoms with van der Waals surface area (Å²) in [5.74, 6) is 6.75. The Labute approximate surface area is 76.7 Å². The first-order valence-corrected chi connectivity index (χ1v) is 3.28. The Morgan fingerprint density at radius 3 is 1.71 bits per heavy atom. The quantitative estimate of drug-likeness (QED) is 0.377. The largest absolute Gasteiger partial charge is 0.510 e. The van der Waals surface area contributed by atoms with Crippen LogP contribution in [0.1, 0.15) is 0 Å². The molecule has 1 saturated heterocycles. The van der Waals surface area contributed by atoms with E-state index in [0.717, 1.165) is 0 Å². The second-order valence-corrected chi connectivity index (χ2v) is 2.20. The topological polar surface area (TPSA) is 140 Å². The Morgan fingerprint density at radius 1 is 1.07 bits per heavy atom. The summed E-state index contributed by atoms with van der Waals surface area (Å²) >= 11 is 0. The number of nitrogens with two attached hydrogens (primary N) is 2. The summed E-state index contributed by atoms with van der Waals surface area (Å²) in [5, 5.41) is 0. The summed E-state index contributed by atoms with van der Waals surface area (Å²) in [5.41, 5.74) is 0. The zero-order chi connectivity index (χ0) is 10.7. The summed E-state index contributed by atoms with van der Waals surface area (Å²) in [6, 6.07) is 0. The molecular weight excluding hydrogens is 200 g/mol. The third-order valence-electron chi connectivity index (χ3n) is 1.42. The van der Waals surface area contributed by atoms with Gasteiger partial charge in [0.1, 0.15) is 0 Å². The molecule has 1 fully saturated rings. The van der Waals surface area contributed by atoms with E-state index < -0.39 is 30.3 Å². The van der Waals surface area contributed by atoms with Crippen molar-refractivity contribution < 1.29 is 33.5 Å². The lowest BCUT2D eigenvalue weighted by Gasteiger charge is -2.09. The molecule has 0 radical (unpaired) electrons. The molecule has 0 spiro atoms. The number of carbonyl (C=O) groups excluding carboxylic acids is 3. The second-order valence-electron chi connectivity index (χ2n) is 2.20. The van der Waals surface area contributed by atoms with Crippen molar-refractivity contribution >= 4 is 18.1 Å². The van der Waals surface area contributed by atoms with Gasteiger partial charge in [-0.1, -0.05) is 0 Å². The third-order valence-corrected chi connectivity index (χ3v) is 1.42. The molecule has 78 valence electrons. The highest BCUT2D eigenvalue weighted by Gasteiger charge is 2.48. The molecule has 0 bridgehead atoms. The van der Waals surface area contributed by atoms with Gasteiger partial charge < -0.3 is 19.1 Å². The normalized spacial score (nSPS) is 24.9. The van der Waals surface area contributed by atoms with Crippen molar-refractivity contribution in [1.29, 1.82) is 0 Å². The second kappa shape index (κ2) is 3.89. The Balaban J connectivity index is 2.77. The van der Waals surface area contributed by atoms with Crippen LogP contribution < -0.4 is 11.8 Å². The molecule has 9 nitrogen and oxygen atoms in total. The molecule has 0 saturated carbocycles. The lowest BCUT2D eigenvalue weighted by atomic mass is 10.2. The molecule has 2 unspecified atom stereocenters. The Hall–Kier alpha value is -1.87. The highest BCUT2D eigenvalue weighted by atomic mass is 16.8. The fraction of sp³-hybridized carbons (Fsp3) is 0.400. The number of rotatable bonds is 2. The molecule has 0 amide bonds. The van der Waals surface area contributed by atoms with E-state index in [-0.39, 0.29) is 0 Å². The van der Waals surface area contributed by atoms with Crippen LogP contribution in [0.4, 0.5) is 4.79 Å². The molecule has 1 rings (SSSR count). The Kier molecular flexibility index (Phi) is 2.84. The maximum Gasteiger partial charge on any atom is 0.510 e. The molecule has 9 heteroatoms. The van der Waals surface area contributed by atoms with Crippen LogP contribution >= 0.6 is 0 Å². The van der Waals surface area contributed by atoms with E-state index in [2.05, 4.69) is 30.9 Å². The van der Waals surface area contributed by atoms with Crippen molar-refractivity contribution in [2.24, 2.45) is 11.8 Å². The number of carbonyl (C=O) groups is 3. The zero-order valence-corrected chi connectivity index (χ0v) is 6.67. The SMILES string of the molecule is NOC(=O)C1OC(=O)OC1C(=O)ON. The summed E-state index contributed by atoms with van der Waals surface area (Å²) in [6.45, 7) is 0. The van der Waals surface area contributed by atoms with Gasteiger partial charge in [0.05, 0.1) is 0 Å². The predicted octanol–water partition coefficient (Wildman–Crippen LogP) is -2.28. The minimum absolute atomic E-state index is 1.15. The number of hydrogen-bond donors (Lipinski definition) is 2. The predicted molar refractivity (Wildman–Crippen MR) is 35.7 cm³/mol. The average Bonchev–Trinajstić information content (AvgIpc) is 2.58. The molecule has 0 aromatic carbocycles. The summed E-state index contributed by atoms with van der Waals surface area (Å²) in [7, 11) is 0. The molecule has 0 aromatic rings. The van der Waals surface area contributed by atoms with Gasteiger partial charge in [-0.2, -0.15) is 11.8 Å². The highest BCUT2D eigenvalue weighted by Crippen LogP contribution is 2.17. The molecular formula is C5H6N2O7. The summed E-state index contributed by atoms with van der Waals surface area (Å²) in [4.78, 5) is 39.8. The van der Waals surface area contributed by atoms with E-state index in [9.17, 15) is 14.4 Å². The fourth-order valence-corrected chi connectivity index (χ4v) is 0.836. The monoisotopic (exact) mass is 206 g/mol. The molecule has 0 aliphatic carbocycles. The van der Waals surface area contributed by atoms with E-state index in [1.807, 2.05) is 0 Å². The van der Waals surface area contributed by atoms with Crippen molar-refractivity contribution in [2.45, 2.75) is 12.2 Å². The smallest absolute Gasteiger partial charge is 0.414 e. The molecule has 1 aliphatic rings. The van der Waals surface area contributed by atoms with Crippen LogP contribution in [0.2, 0.25) is 0 Å². The molecule has 4 N–H and O–H groups in total. The van der Waals surface area contributed by atoms with Crippen LogP contribution in [0.5, 0.6) is 0 Å². The van der Waals surface area contributed by atoms with Crippen molar-refractivity contribution in [3.8, 4) is 0 Å². The molecule has 1 aliphatic heterocycles. The van der Waals surface area contributed by atoms with Gasteiger partial charge >= 0.3 is 18.1 Å². The number of cyclic esters (lactones) is 2. The first kappa shape index (κ1) is 10.2. The van der Waals surface area contributed by atoms with Gasteiger partial charge in [-0.05, 0) is 0 Å². The fourth-order valence-electron chi connectivity index (χ4n) is 0.836. The molecule has 14 heavy (non-hydrogen) atoms. The van der Waals surface area contributed by atoms with Gasteiger partial charge in [-0.3, -0.25) is 0 Å². The zero-order valence-electron chi connectivity index (χ0n) is 6.67. The maximum atomic E-state index is 10.8. The van der Waals surface area contributed by atoms with Gasteiger partial charge in [-0.25, -0.2) is 14.4 Å². The van der Waals surface area contributed by atoms with Crippen LogP contribution in [0.25, 0.3) is 0 Å². The van der Waals surface area contributed by atoms with Crippen LogP contribution in [0, 0.1) is 0 Å². The first-order chi connectivity index (χ1) is 6.60. The first-order valence-electron chi connectivity index (χ1n) is 3.28. The summed E-state index contributed by atoms with van der Waals surface area (Å²) in [6.07, 6.45) is -4.40. The standard InChI is InChI=1S/C5H6N2O7/c6-13-3(8)1-2(4(9)14-7)12-5(10)11-1/h1-2H,6-7H2. The van der Waals surface area contributed by atoms with Gasteiger partial charge in [0.2, 0.25) is 0 Å². The molecule has 1 heterocycles. The summed E-state index contributed by atoms with van der Waals surface area (Å²) < 4.78 is 8.56. The van der Waals surface area contributed by atoms with E-state index in [1.165, 1.54) is 0 Å². The van der Waals surface area contributed by atoms with E-state index in [1.54, 1.807) is 0 Å². The lowest BCUT2D eigenvalue weighted by Crippen LogP contribution is -2.41. The van der Waals surface area contributed by atoms with Crippen LogP contribution in [-0.4, -0.2) is 30.3 Å². The minimum atomic E-state index is -1.59. The van der Waals surface area contributed by atoms with Gasteiger partial charge in [0.25, 0.3) is 12.2 Å². The Morgan fingerprint density at radius 2 is 1.43 bits per heavy atom. The van der Waals surface area contributed by atoms with Crippen molar-refractivity contribution in [3.63, 3.8) is 0 Å². The molecule has 0 aromatic heterocycles. The van der Waals surface area contributed by atoms with Crippen molar-refractivity contribution in [1.82, 2.24) is 0 Å². The van der Waals surface area contributed by atoms with E-state index in [4.69, 9.17) is 0 Å². The van der Waals surface area contributed by atoms with E-state index in [0.29, 0.717) is 0 Å². The minimum Gasteiger partial charge on any atom is -0.414 e. The van der Waals surface area contributed by atoms with Gasteiger partial charge in [0, 0.05) is 0 Å². The van der Waals surface area contributed by atoms with Gasteiger partial charge in [0.15, 0.2) is 0 Å². The number of hydrogen-bond acceptors (Lipinski definition) is 9. The van der Waals surface area contributed by atoms with Crippen molar-refractivity contribution in [2.75, 3.05) is 0 Å². The van der Waals surface area contributed by atoms with Crippen LogP contribution in [0.3, 0.4) is 0 Å².